The molecule has 14 heavy (non-hydrogen) atoms. The van der Waals surface area contributed by atoms with Crippen molar-refractivity contribution >= 4 is 34.7 Å². The van der Waals surface area contributed by atoms with Crippen LogP contribution < -0.4 is 5.32 Å². The first-order valence-electron chi connectivity index (χ1n) is 4.77. The largest absolute Gasteiger partial charge is 0.309 e. The van der Waals surface area contributed by atoms with E-state index in [0.717, 1.165) is 10.9 Å². The molecule has 1 unspecified atom stereocenters. The van der Waals surface area contributed by atoms with Crippen LogP contribution in [-0.2, 0) is 6.54 Å². The average molecular weight is 250 g/mol. The lowest BCUT2D eigenvalue weighted by Gasteiger charge is -2.11. The van der Waals surface area contributed by atoms with Crippen molar-refractivity contribution in [1.82, 2.24) is 5.32 Å². The highest BCUT2D eigenvalue weighted by atomic mass is 35.5. The summed E-state index contributed by atoms with van der Waals surface area (Å²) in [6.45, 7) is 5.34. The molecular formula is C10H16ClNS2. The molecule has 0 fully saturated rings. The molecule has 1 rings (SSSR count). The summed E-state index contributed by atoms with van der Waals surface area (Å²) in [5, 5.41) is 3.48. The minimum Gasteiger partial charge on any atom is -0.309 e. The van der Waals surface area contributed by atoms with Crippen molar-refractivity contribution < 1.29 is 0 Å². The highest BCUT2D eigenvalue weighted by Crippen LogP contribution is 2.21. The van der Waals surface area contributed by atoms with Crippen LogP contribution >= 0.6 is 34.7 Å². The number of nitrogens with one attached hydrogen (secondary N) is 1. The second-order valence-corrected chi connectivity index (χ2v) is 6.27. The van der Waals surface area contributed by atoms with Gasteiger partial charge in [-0.3, -0.25) is 0 Å². The quantitative estimate of drug-likeness (QED) is 0.826. The zero-order valence-corrected chi connectivity index (χ0v) is 10.9. The maximum absolute atomic E-state index is 5.85. The van der Waals surface area contributed by atoms with Crippen molar-refractivity contribution in [3.05, 3.63) is 21.3 Å². The summed E-state index contributed by atoms with van der Waals surface area (Å²) >= 11 is 9.47. The van der Waals surface area contributed by atoms with Crippen LogP contribution in [0.25, 0.3) is 0 Å². The fourth-order valence-corrected chi connectivity index (χ4v) is 2.82. The SMILES string of the molecule is CCSCC(C)NCc1ccc(Cl)s1. The summed E-state index contributed by atoms with van der Waals surface area (Å²) < 4.78 is 0.873. The van der Waals surface area contributed by atoms with Gasteiger partial charge >= 0.3 is 0 Å². The number of thioether (sulfide) groups is 1. The van der Waals surface area contributed by atoms with Crippen LogP contribution in [0.3, 0.4) is 0 Å². The fourth-order valence-electron chi connectivity index (χ4n) is 1.08. The molecule has 1 atom stereocenters. The molecule has 1 aromatic rings. The summed E-state index contributed by atoms with van der Waals surface area (Å²) in [5.41, 5.74) is 0. The lowest BCUT2D eigenvalue weighted by Crippen LogP contribution is -2.27. The smallest absolute Gasteiger partial charge is 0.0931 e. The Labute approximate surface area is 99.2 Å². The van der Waals surface area contributed by atoms with E-state index in [9.17, 15) is 0 Å². The molecule has 0 radical (unpaired) electrons. The van der Waals surface area contributed by atoms with Crippen molar-refractivity contribution in [2.75, 3.05) is 11.5 Å². The van der Waals surface area contributed by atoms with Gasteiger partial charge < -0.3 is 5.32 Å². The van der Waals surface area contributed by atoms with Gasteiger partial charge in [-0.05, 0) is 24.8 Å². The van der Waals surface area contributed by atoms with Gasteiger partial charge in [0.1, 0.15) is 0 Å². The van der Waals surface area contributed by atoms with Crippen LogP contribution in [0.4, 0.5) is 0 Å². The van der Waals surface area contributed by atoms with Crippen molar-refractivity contribution in [3.63, 3.8) is 0 Å². The van der Waals surface area contributed by atoms with Crippen LogP contribution in [0.5, 0.6) is 0 Å². The van der Waals surface area contributed by atoms with Crippen LogP contribution in [0, 0.1) is 0 Å². The van der Waals surface area contributed by atoms with Gasteiger partial charge in [0.25, 0.3) is 0 Å². The van der Waals surface area contributed by atoms with Gasteiger partial charge in [-0.25, -0.2) is 0 Å². The lowest BCUT2D eigenvalue weighted by atomic mass is 10.3. The van der Waals surface area contributed by atoms with E-state index in [2.05, 4.69) is 25.2 Å². The van der Waals surface area contributed by atoms with Crippen LogP contribution in [0.1, 0.15) is 18.7 Å². The van der Waals surface area contributed by atoms with Gasteiger partial charge in [-0.1, -0.05) is 18.5 Å². The Balaban J connectivity index is 2.20. The predicted octanol–water partition coefficient (Wildman–Crippen LogP) is 3.63. The van der Waals surface area contributed by atoms with Crippen molar-refractivity contribution in [2.24, 2.45) is 0 Å². The van der Waals surface area contributed by atoms with E-state index in [4.69, 9.17) is 11.6 Å². The number of hydrogen-bond donors (Lipinski definition) is 1. The molecule has 0 spiro atoms. The van der Waals surface area contributed by atoms with Gasteiger partial charge in [0.15, 0.2) is 0 Å². The summed E-state index contributed by atoms with van der Waals surface area (Å²) in [6.07, 6.45) is 0. The van der Waals surface area contributed by atoms with Gasteiger partial charge in [0, 0.05) is 23.2 Å². The Hall–Kier alpha value is 0.300. The fraction of sp³-hybridized carbons (Fsp3) is 0.600. The Morgan fingerprint density at radius 3 is 2.93 bits per heavy atom. The van der Waals surface area contributed by atoms with E-state index in [0.29, 0.717) is 6.04 Å². The minimum atomic E-state index is 0.570. The number of rotatable bonds is 6. The Morgan fingerprint density at radius 2 is 2.36 bits per heavy atom. The number of thiophene rings is 1. The standard InChI is InChI=1S/C10H16ClNS2/c1-3-13-7-8(2)12-6-9-4-5-10(11)14-9/h4-5,8,12H,3,6-7H2,1-2H3. The normalized spacial score (nSPS) is 13.1. The number of hydrogen-bond acceptors (Lipinski definition) is 3. The highest BCUT2D eigenvalue weighted by molar-refractivity contribution is 7.99. The first kappa shape index (κ1) is 12.4. The molecule has 0 aliphatic carbocycles. The molecule has 0 saturated carbocycles. The van der Waals surface area contributed by atoms with Crippen LogP contribution in [0.15, 0.2) is 12.1 Å². The minimum absolute atomic E-state index is 0.570. The first-order chi connectivity index (χ1) is 6.72. The molecule has 4 heteroatoms. The zero-order chi connectivity index (χ0) is 10.4. The van der Waals surface area contributed by atoms with E-state index in [1.807, 2.05) is 17.8 Å². The van der Waals surface area contributed by atoms with Gasteiger partial charge in [0.2, 0.25) is 0 Å². The molecule has 0 aliphatic heterocycles. The second kappa shape index (κ2) is 6.72. The maximum atomic E-state index is 5.85. The Kier molecular flexibility index (Phi) is 5.94. The van der Waals surface area contributed by atoms with E-state index < -0.39 is 0 Å². The zero-order valence-electron chi connectivity index (χ0n) is 8.55. The lowest BCUT2D eigenvalue weighted by molar-refractivity contribution is 0.600. The average Bonchev–Trinajstić information content (AvgIpc) is 2.58. The third kappa shape index (κ3) is 4.69. The molecule has 0 aliphatic rings. The Morgan fingerprint density at radius 1 is 1.57 bits per heavy atom. The maximum Gasteiger partial charge on any atom is 0.0931 e. The number of halogens is 1. The third-order valence-electron chi connectivity index (χ3n) is 1.83. The Bertz CT molecular complexity index is 262. The molecule has 1 aromatic heterocycles. The first-order valence-corrected chi connectivity index (χ1v) is 7.12. The van der Waals surface area contributed by atoms with Crippen molar-refractivity contribution in [1.29, 1.82) is 0 Å². The third-order valence-corrected chi connectivity index (χ3v) is 4.20. The summed E-state index contributed by atoms with van der Waals surface area (Å²) in [7, 11) is 0. The van der Waals surface area contributed by atoms with E-state index in [1.165, 1.54) is 16.4 Å². The van der Waals surface area contributed by atoms with Crippen molar-refractivity contribution in [2.45, 2.75) is 26.4 Å². The molecule has 0 aromatic carbocycles. The molecule has 0 amide bonds. The summed E-state index contributed by atoms with van der Waals surface area (Å²) in [6, 6.07) is 4.61. The van der Waals surface area contributed by atoms with E-state index >= 15 is 0 Å². The van der Waals surface area contributed by atoms with Crippen molar-refractivity contribution in [3.8, 4) is 0 Å². The molecule has 0 bridgehead atoms. The van der Waals surface area contributed by atoms with E-state index in [-0.39, 0.29) is 0 Å². The summed E-state index contributed by atoms with van der Waals surface area (Å²) in [4.78, 5) is 1.31. The molecule has 0 saturated heterocycles. The van der Waals surface area contributed by atoms with Gasteiger partial charge in [0.05, 0.1) is 4.34 Å². The molecule has 1 heterocycles. The molecule has 1 nitrogen and oxygen atoms in total. The molecule has 1 N–H and O–H groups in total. The van der Waals surface area contributed by atoms with E-state index in [1.54, 1.807) is 11.3 Å². The molecule has 80 valence electrons. The van der Waals surface area contributed by atoms with Crippen LogP contribution in [-0.4, -0.2) is 17.5 Å². The van der Waals surface area contributed by atoms with Crippen LogP contribution in [0.2, 0.25) is 4.34 Å². The van der Waals surface area contributed by atoms with Gasteiger partial charge in [-0.2, -0.15) is 11.8 Å². The molecular weight excluding hydrogens is 234 g/mol. The summed E-state index contributed by atoms with van der Waals surface area (Å²) in [5.74, 6) is 2.37. The topological polar surface area (TPSA) is 12.0 Å². The second-order valence-electron chi connectivity index (χ2n) is 3.15. The highest BCUT2D eigenvalue weighted by Gasteiger charge is 2.02. The predicted molar refractivity (Wildman–Crippen MR) is 68.6 cm³/mol. The van der Waals surface area contributed by atoms with Gasteiger partial charge in [-0.15, -0.1) is 11.3 Å². The monoisotopic (exact) mass is 249 g/mol.